The average Bonchev–Trinajstić information content (AvgIpc) is 2.95. The number of fused-ring (bicyclic) bond motifs is 1. The van der Waals surface area contributed by atoms with Gasteiger partial charge < -0.3 is 10.3 Å². The number of halogens is 1. The summed E-state index contributed by atoms with van der Waals surface area (Å²) in [5.74, 6) is 0.834. The van der Waals surface area contributed by atoms with E-state index < -0.39 is 0 Å². The average molecular weight is 293 g/mol. The summed E-state index contributed by atoms with van der Waals surface area (Å²) in [6.45, 7) is 1.93. The number of nitrogens with zero attached hydrogens (tertiary/aromatic N) is 3. The molecule has 0 amide bonds. The molecule has 0 fully saturated rings. The zero-order chi connectivity index (χ0) is 13.6. The van der Waals surface area contributed by atoms with Gasteiger partial charge >= 0.3 is 0 Å². The van der Waals surface area contributed by atoms with Gasteiger partial charge in [-0.05, 0) is 25.1 Å². The third-order valence-corrected chi connectivity index (χ3v) is 4.26. The van der Waals surface area contributed by atoms with Gasteiger partial charge in [-0.15, -0.1) is 11.3 Å². The Labute approximate surface area is 119 Å². The van der Waals surface area contributed by atoms with Gasteiger partial charge in [0.15, 0.2) is 5.82 Å². The lowest BCUT2D eigenvalue weighted by atomic mass is 10.3. The van der Waals surface area contributed by atoms with Crippen LogP contribution in [0.15, 0.2) is 23.6 Å². The molecule has 0 aliphatic rings. The molecular weight excluding hydrogens is 280 g/mol. The molecule has 0 spiro atoms. The number of rotatable bonds is 2. The Balaban J connectivity index is 2.16. The lowest BCUT2D eigenvalue weighted by Gasteiger charge is -2.00. The number of imidazole rings is 1. The topological polar surface area (TPSA) is 56.7 Å². The first-order valence-electron chi connectivity index (χ1n) is 5.89. The highest BCUT2D eigenvalue weighted by atomic mass is 35.5. The second-order valence-corrected chi connectivity index (χ2v) is 5.81. The molecule has 1 aromatic carbocycles. The fourth-order valence-electron chi connectivity index (χ4n) is 1.99. The summed E-state index contributed by atoms with van der Waals surface area (Å²) in [6, 6.07) is 5.62. The lowest BCUT2D eigenvalue weighted by molar-refractivity contribution is 0.806. The van der Waals surface area contributed by atoms with E-state index >= 15 is 0 Å². The Kier molecular flexibility index (Phi) is 3.05. The fraction of sp³-hybridized carbons (Fsp3) is 0.231. The molecule has 6 heteroatoms. The Bertz CT molecular complexity index is 744. The van der Waals surface area contributed by atoms with E-state index in [1.54, 1.807) is 11.3 Å². The van der Waals surface area contributed by atoms with Crippen molar-refractivity contribution in [3.63, 3.8) is 0 Å². The molecule has 3 aromatic rings. The smallest absolute Gasteiger partial charge is 0.160 e. The first kappa shape index (κ1) is 12.6. The summed E-state index contributed by atoms with van der Waals surface area (Å²) in [5, 5.41) is 3.61. The Morgan fingerprint density at radius 1 is 1.37 bits per heavy atom. The zero-order valence-electron chi connectivity index (χ0n) is 10.6. The summed E-state index contributed by atoms with van der Waals surface area (Å²) in [4.78, 5) is 9.14. The highest BCUT2D eigenvalue weighted by Gasteiger charge is 2.14. The van der Waals surface area contributed by atoms with Crippen molar-refractivity contribution in [1.29, 1.82) is 0 Å². The van der Waals surface area contributed by atoms with Crippen molar-refractivity contribution in [2.75, 3.05) is 0 Å². The van der Waals surface area contributed by atoms with Gasteiger partial charge in [-0.1, -0.05) is 11.6 Å². The van der Waals surface area contributed by atoms with E-state index in [2.05, 4.69) is 9.97 Å². The van der Waals surface area contributed by atoms with Crippen molar-refractivity contribution in [3.05, 3.63) is 33.6 Å². The van der Waals surface area contributed by atoms with Crippen LogP contribution in [0.3, 0.4) is 0 Å². The number of nitrogens with two attached hydrogens (primary N) is 1. The van der Waals surface area contributed by atoms with E-state index in [0.29, 0.717) is 5.02 Å². The largest absolute Gasteiger partial charge is 0.326 e. The minimum Gasteiger partial charge on any atom is -0.326 e. The number of hydrogen-bond acceptors (Lipinski definition) is 4. The molecule has 0 saturated carbocycles. The van der Waals surface area contributed by atoms with Crippen LogP contribution in [0.5, 0.6) is 0 Å². The third-order valence-electron chi connectivity index (χ3n) is 2.98. The number of aryl methyl sites for hydroxylation is 1. The van der Waals surface area contributed by atoms with Crippen LogP contribution in [-0.2, 0) is 7.05 Å². The molecule has 3 rings (SSSR count). The van der Waals surface area contributed by atoms with Gasteiger partial charge in [0.2, 0.25) is 0 Å². The first-order chi connectivity index (χ1) is 9.06. The second kappa shape index (κ2) is 4.59. The quantitative estimate of drug-likeness (QED) is 0.788. The maximum Gasteiger partial charge on any atom is 0.160 e. The number of hydrogen-bond donors (Lipinski definition) is 1. The van der Waals surface area contributed by atoms with E-state index in [1.165, 1.54) is 0 Å². The number of thiazole rings is 1. The van der Waals surface area contributed by atoms with E-state index in [9.17, 15) is 0 Å². The molecule has 1 unspecified atom stereocenters. The minimum atomic E-state index is -0.0529. The lowest BCUT2D eigenvalue weighted by Crippen LogP contribution is -2.04. The molecule has 2 aromatic heterocycles. The molecular formula is C13H13ClN4S. The van der Waals surface area contributed by atoms with Crippen LogP contribution in [0.25, 0.3) is 22.6 Å². The van der Waals surface area contributed by atoms with Crippen LogP contribution < -0.4 is 5.73 Å². The van der Waals surface area contributed by atoms with E-state index in [4.69, 9.17) is 17.3 Å². The predicted molar refractivity (Wildman–Crippen MR) is 79.4 cm³/mol. The highest BCUT2D eigenvalue weighted by molar-refractivity contribution is 7.10. The van der Waals surface area contributed by atoms with Gasteiger partial charge in [0.05, 0.1) is 17.1 Å². The van der Waals surface area contributed by atoms with Crippen molar-refractivity contribution < 1.29 is 0 Å². The third kappa shape index (κ3) is 2.14. The Morgan fingerprint density at radius 2 is 2.16 bits per heavy atom. The van der Waals surface area contributed by atoms with Crippen LogP contribution in [0, 0.1) is 0 Å². The van der Waals surface area contributed by atoms with Gasteiger partial charge in [-0.3, -0.25) is 0 Å². The summed E-state index contributed by atoms with van der Waals surface area (Å²) in [6.07, 6.45) is 0. The standard InChI is InChI=1S/C13H13ClN4S/c1-7(15)13-17-10(6-19-13)12-16-9-4-3-8(14)5-11(9)18(12)2/h3-7H,15H2,1-2H3. The summed E-state index contributed by atoms with van der Waals surface area (Å²) in [7, 11) is 1.96. The summed E-state index contributed by atoms with van der Waals surface area (Å²) in [5.41, 5.74) is 8.61. The molecule has 4 nitrogen and oxygen atoms in total. The molecule has 0 aliphatic carbocycles. The normalized spacial score (nSPS) is 13.1. The highest BCUT2D eigenvalue weighted by Crippen LogP contribution is 2.27. The SMILES string of the molecule is CC(N)c1nc(-c2nc3ccc(Cl)cc3n2C)cs1. The van der Waals surface area contributed by atoms with Gasteiger partial charge in [-0.25, -0.2) is 9.97 Å². The van der Waals surface area contributed by atoms with Crippen molar-refractivity contribution >= 4 is 34.0 Å². The molecule has 19 heavy (non-hydrogen) atoms. The predicted octanol–water partition coefficient (Wildman–Crippen LogP) is 3.37. The Hall–Kier alpha value is -1.43. The van der Waals surface area contributed by atoms with Gasteiger partial charge in [0, 0.05) is 17.5 Å². The van der Waals surface area contributed by atoms with Crippen LogP contribution >= 0.6 is 22.9 Å². The molecule has 0 aliphatic heterocycles. The maximum absolute atomic E-state index is 6.02. The molecule has 1 atom stereocenters. The Morgan fingerprint density at radius 3 is 2.84 bits per heavy atom. The maximum atomic E-state index is 6.02. The number of benzene rings is 1. The van der Waals surface area contributed by atoms with Crippen LogP contribution in [0.2, 0.25) is 5.02 Å². The van der Waals surface area contributed by atoms with Gasteiger partial charge in [-0.2, -0.15) is 0 Å². The van der Waals surface area contributed by atoms with Crippen LogP contribution in [-0.4, -0.2) is 14.5 Å². The molecule has 0 bridgehead atoms. The molecule has 0 radical (unpaired) electrons. The first-order valence-corrected chi connectivity index (χ1v) is 7.15. The van der Waals surface area contributed by atoms with Crippen molar-refractivity contribution in [1.82, 2.24) is 14.5 Å². The summed E-state index contributed by atoms with van der Waals surface area (Å²) >= 11 is 7.58. The zero-order valence-corrected chi connectivity index (χ0v) is 12.2. The van der Waals surface area contributed by atoms with Crippen molar-refractivity contribution in [2.24, 2.45) is 12.8 Å². The summed E-state index contributed by atoms with van der Waals surface area (Å²) < 4.78 is 2.00. The van der Waals surface area contributed by atoms with E-state index in [1.807, 2.05) is 42.1 Å². The van der Waals surface area contributed by atoms with Gasteiger partial charge in [0.25, 0.3) is 0 Å². The second-order valence-electron chi connectivity index (χ2n) is 4.49. The van der Waals surface area contributed by atoms with Crippen molar-refractivity contribution in [3.8, 4) is 11.5 Å². The van der Waals surface area contributed by atoms with Crippen LogP contribution in [0.1, 0.15) is 18.0 Å². The van der Waals surface area contributed by atoms with Crippen molar-refractivity contribution in [2.45, 2.75) is 13.0 Å². The fourth-order valence-corrected chi connectivity index (χ4v) is 2.91. The van der Waals surface area contributed by atoms with Gasteiger partial charge in [0.1, 0.15) is 10.7 Å². The molecule has 2 heterocycles. The van der Waals surface area contributed by atoms with Crippen LogP contribution in [0.4, 0.5) is 0 Å². The molecule has 0 saturated heterocycles. The molecule has 98 valence electrons. The minimum absolute atomic E-state index is 0.0529. The monoisotopic (exact) mass is 292 g/mol. The van der Waals surface area contributed by atoms with E-state index in [-0.39, 0.29) is 6.04 Å². The molecule has 2 N–H and O–H groups in total. The van der Waals surface area contributed by atoms with E-state index in [0.717, 1.165) is 27.6 Å². The number of aromatic nitrogens is 3.